The highest BCUT2D eigenvalue weighted by atomic mass is 16.5. The predicted molar refractivity (Wildman–Crippen MR) is 101 cm³/mol. The molecule has 0 saturated carbocycles. The Balaban J connectivity index is 1.38. The van der Waals surface area contributed by atoms with Crippen LogP contribution in [-0.2, 0) is 16.1 Å². The average Bonchev–Trinajstić information content (AvgIpc) is 3.40. The largest absolute Gasteiger partial charge is 0.352 e. The Hall–Kier alpha value is -2.18. The summed E-state index contributed by atoms with van der Waals surface area (Å²) < 4.78 is 8.21. The second kappa shape index (κ2) is 6.17. The molecule has 0 N–H and O–H groups in total. The Bertz CT molecular complexity index is 850. The van der Waals surface area contributed by atoms with Gasteiger partial charge in [-0.25, -0.2) is 4.68 Å². The van der Waals surface area contributed by atoms with Crippen molar-refractivity contribution in [2.24, 2.45) is 5.92 Å². The average molecular weight is 366 g/mol. The molecule has 6 nitrogen and oxygen atoms in total. The molecule has 1 aromatic heterocycles. The van der Waals surface area contributed by atoms with Crippen molar-refractivity contribution >= 4 is 5.91 Å². The van der Waals surface area contributed by atoms with Gasteiger partial charge in [0.1, 0.15) is 0 Å². The van der Waals surface area contributed by atoms with Crippen LogP contribution in [-0.4, -0.2) is 56.4 Å². The van der Waals surface area contributed by atoms with E-state index in [1.807, 2.05) is 16.9 Å². The van der Waals surface area contributed by atoms with Crippen LogP contribution in [0.5, 0.6) is 0 Å². The molecule has 5 rings (SSSR count). The van der Waals surface area contributed by atoms with Crippen LogP contribution < -0.4 is 0 Å². The Kier molecular flexibility index (Phi) is 3.88. The molecule has 4 heterocycles. The third-order valence-electron chi connectivity index (χ3n) is 6.43. The summed E-state index contributed by atoms with van der Waals surface area (Å²) in [6, 6.07) is 10.8. The number of likely N-dealkylation sites (tertiary alicyclic amines) is 1. The first kappa shape index (κ1) is 17.0. The zero-order chi connectivity index (χ0) is 18.6. The van der Waals surface area contributed by atoms with E-state index in [4.69, 9.17) is 4.74 Å². The Morgan fingerprint density at radius 1 is 1.33 bits per heavy atom. The van der Waals surface area contributed by atoms with Crippen LogP contribution in [0.25, 0.3) is 5.69 Å². The molecule has 3 aliphatic rings. The zero-order valence-electron chi connectivity index (χ0n) is 15.9. The lowest BCUT2D eigenvalue weighted by Crippen LogP contribution is -2.50. The number of aromatic nitrogens is 2. The number of amides is 1. The van der Waals surface area contributed by atoms with Crippen LogP contribution in [0, 0.1) is 5.92 Å². The van der Waals surface area contributed by atoms with Gasteiger partial charge in [-0.05, 0) is 29.7 Å². The molecule has 3 saturated heterocycles. The quantitative estimate of drug-likeness (QED) is 0.834. The highest BCUT2D eigenvalue weighted by Crippen LogP contribution is 2.49. The maximum atomic E-state index is 12.8. The lowest BCUT2D eigenvalue weighted by molar-refractivity contribution is -0.139. The molecule has 2 aromatic rings. The van der Waals surface area contributed by atoms with Crippen molar-refractivity contribution < 1.29 is 9.53 Å². The van der Waals surface area contributed by atoms with E-state index < -0.39 is 5.72 Å². The van der Waals surface area contributed by atoms with Gasteiger partial charge in [0, 0.05) is 38.3 Å². The molecule has 1 spiro atoms. The van der Waals surface area contributed by atoms with Gasteiger partial charge < -0.3 is 9.64 Å². The minimum Gasteiger partial charge on any atom is -0.352 e. The van der Waals surface area contributed by atoms with E-state index in [1.165, 1.54) is 5.56 Å². The van der Waals surface area contributed by atoms with E-state index in [2.05, 4.69) is 53.0 Å². The summed E-state index contributed by atoms with van der Waals surface area (Å²) >= 11 is 0. The van der Waals surface area contributed by atoms with Crippen molar-refractivity contribution in [3.63, 3.8) is 0 Å². The second-order valence-corrected chi connectivity index (χ2v) is 8.29. The molecule has 0 bridgehead atoms. The van der Waals surface area contributed by atoms with Crippen molar-refractivity contribution in [2.75, 3.05) is 13.2 Å². The van der Waals surface area contributed by atoms with Gasteiger partial charge in [-0.3, -0.25) is 9.69 Å². The molecule has 1 amide bonds. The minimum atomic E-state index is -0.397. The lowest BCUT2D eigenvalue weighted by Gasteiger charge is -2.34. The summed E-state index contributed by atoms with van der Waals surface area (Å²) in [5.74, 6) is 0.679. The molecule has 3 fully saturated rings. The number of benzene rings is 1. The van der Waals surface area contributed by atoms with Gasteiger partial charge in [0.25, 0.3) is 0 Å². The van der Waals surface area contributed by atoms with E-state index in [9.17, 15) is 4.79 Å². The summed E-state index contributed by atoms with van der Waals surface area (Å²) in [6.07, 6.45) is 5.22. The van der Waals surface area contributed by atoms with Crippen molar-refractivity contribution in [3.8, 4) is 5.69 Å². The fraction of sp³-hybridized carbons (Fsp3) is 0.524. The summed E-state index contributed by atoms with van der Waals surface area (Å²) in [5.41, 5.74) is 1.91. The monoisotopic (exact) mass is 366 g/mol. The predicted octanol–water partition coefficient (Wildman–Crippen LogP) is 2.43. The molecular formula is C21H26N4O2. The standard InChI is InChI=1S/C21H26N4O2/c1-15(2)18-14-27-21-7-10-23(19(21)12-20(26)25(18)21)13-16-5-3-6-17(11-16)24-9-4-8-22-24/h3-6,8-9,11,15,18-19H,7,10,12-14H2,1-2H3/t18-,19+,21-/m0/s1. The van der Waals surface area contributed by atoms with E-state index in [0.717, 1.165) is 25.2 Å². The summed E-state index contributed by atoms with van der Waals surface area (Å²) in [7, 11) is 0. The van der Waals surface area contributed by atoms with Gasteiger partial charge in [-0.2, -0.15) is 5.10 Å². The number of ether oxygens (including phenoxy) is 1. The SMILES string of the molecule is CC(C)[C@@H]1CO[C@@]23CCN(Cc4cccc(-n5cccn5)c4)[C@@H]2CC(=O)N13. The van der Waals surface area contributed by atoms with Crippen LogP contribution in [0.3, 0.4) is 0 Å². The number of hydrogen-bond acceptors (Lipinski definition) is 4. The molecular weight excluding hydrogens is 340 g/mol. The molecule has 3 atom stereocenters. The number of rotatable bonds is 4. The van der Waals surface area contributed by atoms with Crippen LogP contribution in [0.2, 0.25) is 0 Å². The summed E-state index contributed by atoms with van der Waals surface area (Å²) in [6.45, 7) is 6.83. The zero-order valence-corrected chi connectivity index (χ0v) is 15.9. The first-order valence-electron chi connectivity index (χ1n) is 9.87. The topological polar surface area (TPSA) is 50.6 Å². The lowest BCUT2D eigenvalue weighted by atomic mass is 10.0. The third kappa shape index (κ3) is 2.54. The van der Waals surface area contributed by atoms with E-state index in [-0.39, 0.29) is 18.0 Å². The number of carbonyl (C=O) groups excluding carboxylic acids is 1. The first-order valence-corrected chi connectivity index (χ1v) is 9.87. The highest BCUT2D eigenvalue weighted by molar-refractivity contribution is 5.82. The van der Waals surface area contributed by atoms with Crippen LogP contribution in [0.15, 0.2) is 42.7 Å². The van der Waals surface area contributed by atoms with E-state index in [0.29, 0.717) is 18.9 Å². The molecule has 1 aromatic carbocycles. The Labute approximate surface area is 159 Å². The molecule has 27 heavy (non-hydrogen) atoms. The molecule has 0 aliphatic carbocycles. The van der Waals surface area contributed by atoms with Gasteiger partial charge in [-0.15, -0.1) is 0 Å². The molecule has 142 valence electrons. The van der Waals surface area contributed by atoms with Crippen molar-refractivity contribution in [1.29, 1.82) is 0 Å². The molecule has 3 aliphatic heterocycles. The maximum absolute atomic E-state index is 12.8. The number of hydrogen-bond donors (Lipinski definition) is 0. The first-order chi connectivity index (χ1) is 13.1. The van der Waals surface area contributed by atoms with E-state index in [1.54, 1.807) is 6.20 Å². The molecule has 0 unspecified atom stereocenters. The summed E-state index contributed by atoms with van der Waals surface area (Å²) in [5, 5.41) is 4.32. The van der Waals surface area contributed by atoms with Crippen molar-refractivity contribution in [1.82, 2.24) is 19.6 Å². The second-order valence-electron chi connectivity index (χ2n) is 8.29. The molecule has 0 radical (unpaired) electrons. The van der Waals surface area contributed by atoms with Gasteiger partial charge >= 0.3 is 0 Å². The van der Waals surface area contributed by atoms with Gasteiger partial charge in [0.15, 0.2) is 5.72 Å². The highest BCUT2D eigenvalue weighted by Gasteiger charge is 2.64. The Morgan fingerprint density at radius 2 is 2.22 bits per heavy atom. The Morgan fingerprint density at radius 3 is 3.00 bits per heavy atom. The smallest absolute Gasteiger partial charge is 0.226 e. The van der Waals surface area contributed by atoms with Crippen LogP contribution >= 0.6 is 0 Å². The minimum absolute atomic E-state index is 0.155. The van der Waals surface area contributed by atoms with Gasteiger partial charge in [0.2, 0.25) is 5.91 Å². The maximum Gasteiger partial charge on any atom is 0.226 e. The normalized spacial score (nSPS) is 30.3. The number of carbonyl (C=O) groups is 1. The van der Waals surface area contributed by atoms with Crippen molar-refractivity contribution in [3.05, 3.63) is 48.3 Å². The molecule has 6 heteroatoms. The van der Waals surface area contributed by atoms with E-state index >= 15 is 0 Å². The fourth-order valence-corrected chi connectivity index (χ4v) is 5.10. The van der Waals surface area contributed by atoms with Gasteiger partial charge in [-0.1, -0.05) is 26.0 Å². The summed E-state index contributed by atoms with van der Waals surface area (Å²) in [4.78, 5) is 17.3. The van der Waals surface area contributed by atoms with Crippen LogP contribution in [0.4, 0.5) is 0 Å². The van der Waals surface area contributed by atoms with Crippen LogP contribution in [0.1, 0.15) is 32.3 Å². The van der Waals surface area contributed by atoms with Crippen molar-refractivity contribution in [2.45, 2.75) is 51.0 Å². The van der Waals surface area contributed by atoms with Gasteiger partial charge in [0.05, 0.1) is 24.4 Å². The number of nitrogens with zero attached hydrogens (tertiary/aromatic N) is 4. The fourth-order valence-electron chi connectivity index (χ4n) is 5.10. The third-order valence-corrected chi connectivity index (χ3v) is 6.43.